The molecule has 4 heteroatoms. The Morgan fingerprint density at radius 1 is 0.667 bits per heavy atom. The van der Waals surface area contributed by atoms with Crippen LogP contribution in [0.15, 0.2) is 11.1 Å². The number of hydrogen-bond acceptors (Lipinski definition) is 4. The molecule has 158 valence electrons. The van der Waals surface area contributed by atoms with Gasteiger partial charge in [0.15, 0.2) is 0 Å². The normalized spacial score (nSPS) is 12.5. The van der Waals surface area contributed by atoms with Crippen LogP contribution in [-0.4, -0.2) is 25.2 Å². The van der Waals surface area contributed by atoms with Crippen LogP contribution < -0.4 is 0 Å². The standard InChI is InChI=1S/C23H42O4/c1-7-10-11-12-13-14-15-16-17-19(21(24)26-8-2)20(18-23(4,5)6)22(25)27-9-3/h7-18H2,1-6H3/b20-19-. The van der Waals surface area contributed by atoms with Crippen molar-refractivity contribution in [3.05, 3.63) is 11.1 Å². The lowest BCUT2D eigenvalue weighted by atomic mass is 9.85. The molecule has 0 bridgehead atoms. The SMILES string of the molecule is CCCCCCCCCC/C(C(=O)OCC)=C(\CC(C)(C)C)C(=O)OCC. The summed E-state index contributed by atoms with van der Waals surface area (Å²) in [5.41, 5.74) is 0.890. The van der Waals surface area contributed by atoms with Gasteiger partial charge in [0.25, 0.3) is 0 Å². The van der Waals surface area contributed by atoms with Crippen molar-refractivity contribution < 1.29 is 19.1 Å². The molecule has 0 saturated heterocycles. The molecule has 0 spiro atoms. The third-order valence-electron chi connectivity index (χ3n) is 4.40. The van der Waals surface area contributed by atoms with Crippen LogP contribution in [0.5, 0.6) is 0 Å². The molecule has 0 rings (SSSR count). The molecule has 0 aliphatic heterocycles. The first-order valence-electron chi connectivity index (χ1n) is 10.8. The molecule has 0 amide bonds. The van der Waals surface area contributed by atoms with Crippen LogP contribution >= 0.6 is 0 Å². The predicted octanol–water partition coefficient (Wildman–Crippen LogP) is 6.38. The van der Waals surface area contributed by atoms with Crippen LogP contribution in [0, 0.1) is 5.41 Å². The van der Waals surface area contributed by atoms with Crippen LogP contribution in [0.3, 0.4) is 0 Å². The summed E-state index contributed by atoms with van der Waals surface area (Å²) in [5.74, 6) is -0.747. The fourth-order valence-corrected chi connectivity index (χ4v) is 3.08. The zero-order chi connectivity index (χ0) is 20.7. The summed E-state index contributed by atoms with van der Waals surface area (Å²) in [6, 6.07) is 0. The Balaban J connectivity index is 5.05. The summed E-state index contributed by atoms with van der Waals surface area (Å²) in [7, 11) is 0. The van der Waals surface area contributed by atoms with Gasteiger partial charge in [-0.25, -0.2) is 9.59 Å². The zero-order valence-electron chi connectivity index (χ0n) is 18.6. The minimum absolute atomic E-state index is 0.112. The maximum Gasteiger partial charge on any atom is 0.334 e. The van der Waals surface area contributed by atoms with Crippen LogP contribution in [0.1, 0.15) is 106 Å². The molecule has 0 heterocycles. The average Bonchev–Trinajstić information content (AvgIpc) is 2.58. The van der Waals surface area contributed by atoms with Gasteiger partial charge in [-0.3, -0.25) is 0 Å². The lowest BCUT2D eigenvalue weighted by Crippen LogP contribution is -2.21. The second-order valence-electron chi connectivity index (χ2n) is 8.36. The quantitative estimate of drug-likeness (QED) is 0.199. The molecule has 0 saturated carbocycles. The van der Waals surface area contributed by atoms with Gasteiger partial charge in [0, 0.05) is 11.1 Å². The van der Waals surface area contributed by atoms with E-state index in [0.717, 1.165) is 12.8 Å². The van der Waals surface area contributed by atoms with Gasteiger partial charge in [-0.1, -0.05) is 72.6 Å². The van der Waals surface area contributed by atoms with Gasteiger partial charge in [0.2, 0.25) is 0 Å². The first kappa shape index (κ1) is 25.7. The van der Waals surface area contributed by atoms with E-state index in [9.17, 15) is 9.59 Å². The average molecular weight is 383 g/mol. The molecule has 27 heavy (non-hydrogen) atoms. The zero-order valence-corrected chi connectivity index (χ0v) is 18.6. The van der Waals surface area contributed by atoms with Crippen LogP contribution in [-0.2, 0) is 19.1 Å². The molecule has 0 aliphatic rings. The monoisotopic (exact) mass is 382 g/mol. The largest absolute Gasteiger partial charge is 0.463 e. The van der Waals surface area contributed by atoms with Crippen molar-refractivity contribution in [1.82, 2.24) is 0 Å². The second-order valence-corrected chi connectivity index (χ2v) is 8.36. The number of carbonyl (C=O) groups is 2. The molecule has 0 atom stereocenters. The van der Waals surface area contributed by atoms with E-state index in [1.807, 2.05) is 0 Å². The summed E-state index contributed by atoms with van der Waals surface area (Å²) in [5, 5.41) is 0. The topological polar surface area (TPSA) is 52.6 Å². The number of ether oxygens (including phenoxy) is 2. The van der Waals surface area contributed by atoms with Crippen molar-refractivity contribution in [1.29, 1.82) is 0 Å². The smallest absolute Gasteiger partial charge is 0.334 e. The Kier molecular flexibility index (Phi) is 14.0. The predicted molar refractivity (Wildman–Crippen MR) is 112 cm³/mol. The Labute approximate surface area is 167 Å². The molecule has 0 unspecified atom stereocenters. The van der Waals surface area contributed by atoms with Crippen molar-refractivity contribution in [3.8, 4) is 0 Å². The molecule has 0 aromatic heterocycles. The molecule has 0 radical (unpaired) electrons. The summed E-state index contributed by atoms with van der Waals surface area (Å²) in [4.78, 5) is 25.0. The molecule has 0 N–H and O–H groups in total. The van der Waals surface area contributed by atoms with E-state index in [4.69, 9.17) is 9.47 Å². The van der Waals surface area contributed by atoms with E-state index in [1.165, 1.54) is 38.5 Å². The minimum atomic E-state index is -0.380. The van der Waals surface area contributed by atoms with E-state index in [0.29, 0.717) is 37.2 Å². The van der Waals surface area contributed by atoms with Gasteiger partial charge in [-0.2, -0.15) is 0 Å². The lowest BCUT2D eigenvalue weighted by Gasteiger charge is -2.22. The van der Waals surface area contributed by atoms with Crippen molar-refractivity contribution in [2.24, 2.45) is 5.41 Å². The van der Waals surface area contributed by atoms with E-state index >= 15 is 0 Å². The van der Waals surface area contributed by atoms with Gasteiger partial charge in [-0.05, 0) is 38.5 Å². The van der Waals surface area contributed by atoms with E-state index < -0.39 is 0 Å². The van der Waals surface area contributed by atoms with Gasteiger partial charge >= 0.3 is 11.9 Å². The maximum absolute atomic E-state index is 12.5. The Hall–Kier alpha value is -1.32. The maximum atomic E-state index is 12.5. The number of hydrogen-bond donors (Lipinski definition) is 0. The molecular formula is C23H42O4. The third-order valence-corrected chi connectivity index (χ3v) is 4.40. The van der Waals surface area contributed by atoms with E-state index in [2.05, 4.69) is 27.7 Å². The number of esters is 2. The molecule has 4 nitrogen and oxygen atoms in total. The number of unbranched alkanes of at least 4 members (excludes halogenated alkanes) is 7. The molecular weight excluding hydrogens is 340 g/mol. The van der Waals surface area contributed by atoms with Crippen molar-refractivity contribution in [2.75, 3.05) is 13.2 Å². The minimum Gasteiger partial charge on any atom is -0.463 e. The first-order valence-corrected chi connectivity index (χ1v) is 10.8. The highest BCUT2D eigenvalue weighted by Gasteiger charge is 2.27. The number of rotatable bonds is 14. The molecule has 0 fully saturated rings. The van der Waals surface area contributed by atoms with Gasteiger partial charge < -0.3 is 9.47 Å². The molecule has 0 aromatic carbocycles. The van der Waals surface area contributed by atoms with Gasteiger partial charge in [0.05, 0.1) is 13.2 Å². The Bertz CT molecular complexity index is 457. The summed E-state index contributed by atoms with van der Waals surface area (Å²) >= 11 is 0. The first-order chi connectivity index (χ1) is 12.8. The number of carbonyl (C=O) groups excluding carboxylic acids is 2. The van der Waals surface area contributed by atoms with Crippen molar-refractivity contribution in [2.45, 2.75) is 106 Å². The summed E-state index contributed by atoms with van der Waals surface area (Å²) in [6.07, 6.45) is 10.6. The second kappa shape index (κ2) is 14.7. The van der Waals surface area contributed by atoms with Crippen molar-refractivity contribution >= 4 is 11.9 Å². The Morgan fingerprint density at radius 2 is 1.11 bits per heavy atom. The fraction of sp³-hybridized carbons (Fsp3) is 0.826. The Morgan fingerprint density at radius 3 is 1.56 bits per heavy atom. The molecule has 0 aliphatic carbocycles. The van der Waals surface area contributed by atoms with Gasteiger partial charge in [0.1, 0.15) is 0 Å². The summed E-state index contributed by atoms with van der Waals surface area (Å²) in [6.45, 7) is 12.6. The molecule has 0 aromatic rings. The highest BCUT2D eigenvalue weighted by molar-refractivity contribution is 6.00. The fourth-order valence-electron chi connectivity index (χ4n) is 3.08. The van der Waals surface area contributed by atoms with Crippen LogP contribution in [0.25, 0.3) is 0 Å². The third kappa shape index (κ3) is 12.6. The van der Waals surface area contributed by atoms with Gasteiger partial charge in [-0.15, -0.1) is 0 Å². The lowest BCUT2D eigenvalue weighted by molar-refractivity contribution is -0.142. The van der Waals surface area contributed by atoms with Crippen LogP contribution in [0.4, 0.5) is 0 Å². The summed E-state index contributed by atoms with van der Waals surface area (Å²) < 4.78 is 10.5. The van der Waals surface area contributed by atoms with Crippen molar-refractivity contribution in [3.63, 3.8) is 0 Å². The highest BCUT2D eigenvalue weighted by atomic mass is 16.5. The van der Waals surface area contributed by atoms with E-state index in [1.54, 1.807) is 13.8 Å². The van der Waals surface area contributed by atoms with Crippen LogP contribution in [0.2, 0.25) is 0 Å². The van der Waals surface area contributed by atoms with E-state index in [-0.39, 0.29) is 17.4 Å². The highest BCUT2D eigenvalue weighted by Crippen LogP contribution is 2.29.